The molecule has 0 aromatic heterocycles. The second-order valence-electron chi connectivity index (χ2n) is 9.74. The third-order valence-electron chi connectivity index (χ3n) is 5.77. The fourth-order valence-electron chi connectivity index (χ4n) is 3.35. The van der Waals surface area contributed by atoms with Crippen LogP contribution in [-0.4, -0.2) is 10.7 Å². The van der Waals surface area contributed by atoms with Gasteiger partial charge < -0.3 is 5.11 Å². The predicted octanol–water partition coefficient (Wildman–Crippen LogP) is 9.58. The summed E-state index contributed by atoms with van der Waals surface area (Å²) in [6.07, 6.45) is 24.2. The summed E-state index contributed by atoms with van der Waals surface area (Å²) < 4.78 is 0. The molecule has 0 bridgehead atoms. The van der Waals surface area contributed by atoms with Crippen molar-refractivity contribution in [1.82, 2.24) is 0 Å². The van der Waals surface area contributed by atoms with E-state index in [1.807, 2.05) is 6.92 Å². The zero-order valence-corrected chi connectivity index (χ0v) is 21.7. The lowest BCUT2D eigenvalue weighted by atomic mass is 9.99. The van der Waals surface area contributed by atoms with E-state index < -0.39 is 5.60 Å². The first-order chi connectivity index (χ1) is 14.6. The van der Waals surface area contributed by atoms with Crippen molar-refractivity contribution in [2.24, 2.45) is 0 Å². The maximum Gasteiger partial charge on any atom is 0.0800 e. The lowest BCUT2D eigenvalue weighted by Crippen LogP contribution is -2.19. The lowest BCUT2D eigenvalue weighted by Gasteiger charge is -2.16. The van der Waals surface area contributed by atoms with Crippen molar-refractivity contribution in [2.45, 2.75) is 118 Å². The first-order valence-electron chi connectivity index (χ1n) is 12.2. The quantitative estimate of drug-likeness (QED) is 0.243. The second-order valence-corrected chi connectivity index (χ2v) is 9.74. The smallest absolute Gasteiger partial charge is 0.0800 e. The van der Waals surface area contributed by atoms with Crippen molar-refractivity contribution in [3.63, 3.8) is 0 Å². The highest BCUT2D eigenvalue weighted by molar-refractivity contribution is 5.08. The molecule has 0 radical (unpaired) electrons. The Hall–Kier alpha value is -1.60. The summed E-state index contributed by atoms with van der Waals surface area (Å²) in [5.74, 6) is 0. The van der Waals surface area contributed by atoms with E-state index in [0.717, 1.165) is 51.4 Å². The van der Waals surface area contributed by atoms with E-state index in [9.17, 15) is 5.11 Å². The molecule has 1 atom stereocenters. The standard InChI is InChI=1S/C30H50O/c1-9-30(8,31)24-14-23-29(7)22-13-21-28(6)20-12-19-27(5)18-11-17-26(4)16-10-15-25(2)3/h9,15,17,19,21,23,31H,1,10-14,16,18,20,22,24H2,2-8H3. The molecule has 0 aromatic carbocycles. The van der Waals surface area contributed by atoms with Crippen molar-refractivity contribution in [3.8, 4) is 0 Å². The van der Waals surface area contributed by atoms with Crippen LogP contribution in [-0.2, 0) is 0 Å². The van der Waals surface area contributed by atoms with Crippen LogP contribution in [0.5, 0.6) is 0 Å². The number of aliphatic hydroxyl groups is 1. The van der Waals surface area contributed by atoms with E-state index in [2.05, 4.69) is 78.5 Å². The van der Waals surface area contributed by atoms with Gasteiger partial charge in [-0.3, -0.25) is 0 Å². The Bertz CT molecular complexity index is 661. The van der Waals surface area contributed by atoms with Crippen LogP contribution in [0.4, 0.5) is 0 Å². The van der Waals surface area contributed by atoms with Gasteiger partial charge in [0.15, 0.2) is 0 Å². The average molecular weight is 427 g/mol. The van der Waals surface area contributed by atoms with Gasteiger partial charge in [-0.1, -0.05) is 64.3 Å². The third-order valence-corrected chi connectivity index (χ3v) is 5.77. The molecule has 0 saturated heterocycles. The van der Waals surface area contributed by atoms with Crippen LogP contribution in [0.1, 0.15) is 113 Å². The summed E-state index contributed by atoms with van der Waals surface area (Å²) in [6.45, 7) is 18.8. The van der Waals surface area contributed by atoms with Crippen LogP contribution in [0.2, 0.25) is 0 Å². The molecule has 0 fully saturated rings. The van der Waals surface area contributed by atoms with Crippen molar-refractivity contribution in [1.29, 1.82) is 0 Å². The van der Waals surface area contributed by atoms with Crippen molar-refractivity contribution in [3.05, 3.63) is 70.9 Å². The minimum Gasteiger partial charge on any atom is -0.386 e. The van der Waals surface area contributed by atoms with E-state index in [1.165, 1.54) is 40.7 Å². The third kappa shape index (κ3) is 18.9. The van der Waals surface area contributed by atoms with E-state index in [1.54, 1.807) is 6.08 Å². The zero-order valence-electron chi connectivity index (χ0n) is 21.7. The summed E-state index contributed by atoms with van der Waals surface area (Å²) in [5.41, 5.74) is 6.58. The van der Waals surface area contributed by atoms with Crippen LogP contribution >= 0.6 is 0 Å². The van der Waals surface area contributed by atoms with Crippen molar-refractivity contribution < 1.29 is 5.11 Å². The predicted molar refractivity (Wildman–Crippen MR) is 141 cm³/mol. The lowest BCUT2D eigenvalue weighted by molar-refractivity contribution is 0.103. The van der Waals surface area contributed by atoms with Crippen LogP contribution in [0.15, 0.2) is 70.9 Å². The number of rotatable bonds is 16. The van der Waals surface area contributed by atoms with Gasteiger partial charge in [-0.2, -0.15) is 0 Å². The van der Waals surface area contributed by atoms with Gasteiger partial charge >= 0.3 is 0 Å². The maximum atomic E-state index is 9.96. The molecule has 0 saturated carbocycles. The number of allylic oxidation sites excluding steroid dienone is 10. The fourth-order valence-corrected chi connectivity index (χ4v) is 3.35. The van der Waals surface area contributed by atoms with Gasteiger partial charge in [0.1, 0.15) is 0 Å². The molecule has 0 spiro atoms. The van der Waals surface area contributed by atoms with E-state index in [-0.39, 0.29) is 0 Å². The Morgan fingerprint density at radius 2 is 0.935 bits per heavy atom. The van der Waals surface area contributed by atoms with Crippen LogP contribution in [0.25, 0.3) is 0 Å². The van der Waals surface area contributed by atoms with Crippen LogP contribution in [0.3, 0.4) is 0 Å². The van der Waals surface area contributed by atoms with Gasteiger partial charge in [-0.15, -0.1) is 6.58 Å². The number of hydrogen-bond acceptors (Lipinski definition) is 1. The molecule has 31 heavy (non-hydrogen) atoms. The van der Waals surface area contributed by atoms with E-state index >= 15 is 0 Å². The molecular formula is C30H50O. The summed E-state index contributed by atoms with van der Waals surface area (Å²) in [6, 6.07) is 0. The summed E-state index contributed by atoms with van der Waals surface area (Å²) >= 11 is 0. The molecule has 0 amide bonds. The Morgan fingerprint density at radius 1 is 0.613 bits per heavy atom. The van der Waals surface area contributed by atoms with Gasteiger partial charge in [0.2, 0.25) is 0 Å². The summed E-state index contributed by atoms with van der Waals surface area (Å²) in [7, 11) is 0. The molecule has 1 N–H and O–H groups in total. The normalized spacial score (nSPS) is 15.6. The summed E-state index contributed by atoms with van der Waals surface area (Å²) in [4.78, 5) is 0. The summed E-state index contributed by atoms with van der Waals surface area (Å²) in [5, 5.41) is 9.96. The topological polar surface area (TPSA) is 20.2 Å². The highest BCUT2D eigenvalue weighted by atomic mass is 16.3. The molecule has 0 aromatic rings. The molecule has 0 aliphatic carbocycles. The van der Waals surface area contributed by atoms with Crippen LogP contribution < -0.4 is 0 Å². The Morgan fingerprint density at radius 3 is 1.26 bits per heavy atom. The maximum absolute atomic E-state index is 9.96. The van der Waals surface area contributed by atoms with Gasteiger partial charge in [0.25, 0.3) is 0 Å². The molecule has 0 aliphatic heterocycles. The molecule has 1 heteroatoms. The van der Waals surface area contributed by atoms with Crippen molar-refractivity contribution in [2.75, 3.05) is 0 Å². The minimum absolute atomic E-state index is 0.736. The monoisotopic (exact) mass is 426 g/mol. The molecular weight excluding hydrogens is 376 g/mol. The first kappa shape index (κ1) is 29.4. The zero-order chi connectivity index (χ0) is 23.7. The largest absolute Gasteiger partial charge is 0.386 e. The van der Waals surface area contributed by atoms with Crippen molar-refractivity contribution >= 4 is 0 Å². The van der Waals surface area contributed by atoms with E-state index in [0.29, 0.717) is 0 Å². The van der Waals surface area contributed by atoms with Gasteiger partial charge in [0, 0.05) is 0 Å². The highest BCUT2D eigenvalue weighted by Gasteiger charge is 2.13. The Kier molecular flexibility index (Phi) is 16.1. The van der Waals surface area contributed by atoms with Gasteiger partial charge in [-0.05, 0) is 113 Å². The molecule has 1 unspecified atom stereocenters. The second kappa shape index (κ2) is 17.0. The highest BCUT2D eigenvalue weighted by Crippen LogP contribution is 2.17. The molecule has 1 nitrogen and oxygen atoms in total. The fraction of sp³-hybridized carbons (Fsp3) is 0.600. The average Bonchev–Trinajstić information content (AvgIpc) is 2.67. The Balaban J connectivity index is 4.12. The van der Waals surface area contributed by atoms with E-state index in [4.69, 9.17) is 0 Å². The van der Waals surface area contributed by atoms with Gasteiger partial charge in [0.05, 0.1) is 5.60 Å². The molecule has 0 heterocycles. The minimum atomic E-state index is -0.751. The Labute approximate surface area is 194 Å². The molecule has 176 valence electrons. The van der Waals surface area contributed by atoms with Gasteiger partial charge in [-0.25, -0.2) is 0 Å². The molecule has 0 aliphatic rings. The first-order valence-corrected chi connectivity index (χ1v) is 12.2. The molecule has 0 rings (SSSR count). The SMILES string of the molecule is C=CC(C)(O)CCC=C(C)CCC=C(C)CCC=C(C)CCC=C(C)CCC=C(C)C. The number of hydrogen-bond donors (Lipinski definition) is 1. The van der Waals surface area contributed by atoms with Crippen LogP contribution in [0, 0.1) is 0 Å².